The molecule has 122 valence electrons. The molecule has 0 bridgehead atoms. The first-order valence-electron chi connectivity index (χ1n) is 7.11. The summed E-state index contributed by atoms with van der Waals surface area (Å²) in [5, 5.41) is 3.13. The number of halogens is 2. The summed E-state index contributed by atoms with van der Waals surface area (Å²) in [6, 6.07) is 11.1. The SMILES string of the molecule is CN(C)C(=O)Nc1ccc(OCCc2ccc(F)cc2)c(Cl)c1. The first-order chi connectivity index (χ1) is 11.0. The van der Waals surface area contributed by atoms with Crippen LogP contribution in [0.4, 0.5) is 14.9 Å². The van der Waals surface area contributed by atoms with Crippen LogP contribution in [0.15, 0.2) is 42.5 Å². The fraction of sp³-hybridized carbons (Fsp3) is 0.235. The number of amides is 2. The highest BCUT2D eigenvalue weighted by Crippen LogP contribution is 2.28. The van der Waals surface area contributed by atoms with Gasteiger partial charge in [0.1, 0.15) is 11.6 Å². The molecule has 0 aliphatic rings. The smallest absolute Gasteiger partial charge is 0.321 e. The van der Waals surface area contributed by atoms with Crippen LogP contribution in [0, 0.1) is 5.82 Å². The zero-order valence-electron chi connectivity index (χ0n) is 13.0. The van der Waals surface area contributed by atoms with Crippen LogP contribution in [0.1, 0.15) is 5.56 Å². The summed E-state index contributed by atoms with van der Waals surface area (Å²) < 4.78 is 18.5. The lowest BCUT2D eigenvalue weighted by molar-refractivity contribution is 0.230. The molecule has 0 aliphatic carbocycles. The molecule has 1 N–H and O–H groups in total. The molecule has 0 spiro atoms. The quantitative estimate of drug-likeness (QED) is 0.889. The molecule has 0 unspecified atom stereocenters. The van der Waals surface area contributed by atoms with E-state index in [-0.39, 0.29) is 11.8 Å². The Hall–Kier alpha value is -2.27. The van der Waals surface area contributed by atoms with Crippen molar-refractivity contribution in [3.8, 4) is 5.75 Å². The van der Waals surface area contributed by atoms with E-state index in [4.69, 9.17) is 16.3 Å². The molecule has 0 saturated carbocycles. The number of benzene rings is 2. The monoisotopic (exact) mass is 336 g/mol. The van der Waals surface area contributed by atoms with E-state index in [0.29, 0.717) is 29.5 Å². The summed E-state index contributed by atoms with van der Waals surface area (Å²) in [4.78, 5) is 13.0. The van der Waals surface area contributed by atoms with Gasteiger partial charge in [-0.25, -0.2) is 9.18 Å². The molecule has 4 nitrogen and oxygen atoms in total. The Morgan fingerprint density at radius 1 is 1.22 bits per heavy atom. The number of carbonyl (C=O) groups is 1. The number of ether oxygens (including phenoxy) is 1. The van der Waals surface area contributed by atoms with E-state index in [1.165, 1.54) is 17.0 Å². The average molecular weight is 337 g/mol. The molecule has 2 aromatic rings. The van der Waals surface area contributed by atoms with Crippen molar-refractivity contribution in [3.63, 3.8) is 0 Å². The predicted molar refractivity (Wildman–Crippen MR) is 89.8 cm³/mol. The van der Waals surface area contributed by atoms with Crippen molar-refractivity contribution in [1.82, 2.24) is 4.90 Å². The number of hydrogen-bond acceptors (Lipinski definition) is 2. The maximum Gasteiger partial charge on any atom is 0.321 e. The third-order valence-corrected chi connectivity index (χ3v) is 3.45. The minimum Gasteiger partial charge on any atom is -0.492 e. The van der Waals surface area contributed by atoms with Crippen LogP contribution in [-0.2, 0) is 6.42 Å². The number of hydrogen-bond donors (Lipinski definition) is 1. The van der Waals surface area contributed by atoms with Crippen LogP contribution >= 0.6 is 11.6 Å². The third-order valence-electron chi connectivity index (χ3n) is 3.15. The van der Waals surface area contributed by atoms with Crippen molar-refractivity contribution in [2.24, 2.45) is 0 Å². The lowest BCUT2D eigenvalue weighted by atomic mass is 10.2. The zero-order valence-corrected chi connectivity index (χ0v) is 13.7. The lowest BCUT2D eigenvalue weighted by Crippen LogP contribution is -2.27. The molecular weight excluding hydrogens is 319 g/mol. The summed E-state index contributed by atoms with van der Waals surface area (Å²) >= 11 is 6.16. The van der Waals surface area contributed by atoms with Gasteiger partial charge in [-0.15, -0.1) is 0 Å². The number of rotatable bonds is 5. The zero-order chi connectivity index (χ0) is 16.8. The molecule has 2 amide bonds. The molecule has 0 fully saturated rings. The number of anilines is 1. The highest BCUT2D eigenvalue weighted by molar-refractivity contribution is 6.32. The van der Waals surface area contributed by atoms with E-state index < -0.39 is 0 Å². The van der Waals surface area contributed by atoms with Crippen LogP contribution in [-0.4, -0.2) is 31.6 Å². The second-order valence-corrected chi connectivity index (χ2v) is 5.60. The van der Waals surface area contributed by atoms with Crippen LogP contribution in [0.25, 0.3) is 0 Å². The molecule has 0 saturated heterocycles. The van der Waals surface area contributed by atoms with E-state index in [1.807, 2.05) is 0 Å². The Morgan fingerprint density at radius 2 is 1.91 bits per heavy atom. The van der Waals surface area contributed by atoms with Gasteiger partial charge in [0.2, 0.25) is 0 Å². The Morgan fingerprint density at radius 3 is 2.52 bits per heavy atom. The van der Waals surface area contributed by atoms with Gasteiger partial charge in [-0.1, -0.05) is 23.7 Å². The number of urea groups is 1. The summed E-state index contributed by atoms with van der Waals surface area (Å²) in [7, 11) is 3.31. The predicted octanol–water partition coefficient (Wildman–Crippen LogP) is 4.19. The van der Waals surface area contributed by atoms with E-state index in [0.717, 1.165) is 5.56 Å². The van der Waals surface area contributed by atoms with Crippen molar-refractivity contribution in [3.05, 3.63) is 58.9 Å². The van der Waals surface area contributed by atoms with Crippen LogP contribution < -0.4 is 10.1 Å². The van der Waals surface area contributed by atoms with Crippen LogP contribution in [0.2, 0.25) is 5.02 Å². The third kappa shape index (κ3) is 5.14. The molecule has 0 radical (unpaired) electrons. The minimum atomic E-state index is -0.256. The van der Waals surface area contributed by atoms with Gasteiger partial charge in [-0.2, -0.15) is 0 Å². The van der Waals surface area contributed by atoms with Gasteiger partial charge in [0.25, 0.3) is 0 Å². The summed E-state index contributed by atoms with van der Waals surface area (Å²) in [6.45, 7) is 0.425. The Bertz CT molecular complexity index is 675. The summed E-state index contributed by atoms with van der Waals surface area (Å²) in [5.74, 6) is 0.282. The Balaban J connectivity index is 1.90. The van der Waals surface area contributed by atoms with Crippen molar-refractivity contribution >= 4 is 23.3 Å². The fourth-order valence-corrected chi connectivity index (χ4v) is 2.10. The summed E-state index contributed by atoms with van der Waals surface area (Å²) in [6.07, 6.45) is 0.649. The van der Waals surface area contributed by atoms with Crippen molar-refractivity contribution < 1.29 is 13.9 Å². The average Bonchev–Trinajstić information content (AvgIpc) is 2.51. The Kier molecular flexibility index (Phi) is 5.82. The first kappa shape index (κ1) is 17.1. The van der Waals surface area contributed by atoms with E-state index in [2.05, 4.69) is 5.32 Å². The molecule has 2 aromatic carbocycles. The van der Waals surface area contributed by atoms with Gasteiger partial charge >= 0.3 is 6.03 Å². The number of nitrogens with one attached hydrogen (secondary N) is 1. The van der Waals surface area contributed by atoms with Crippen LogP contribution in [0.3, 0.4) is 0 Å². The van der Waals surface area contributed by atoms with Crippen molar-refractivity contribution in [2.45, 2.75) is 6.42 Å². The fourth-order valence-electron chi connectivity index (χ4n) is 1.86. The van der Waals surface area contributed by atoms with Gasteiger partial charge in [0.15, 0.2) is 0 Å². The standard InChI is InChI=1S/C17H18ClFN2O2/c1-21(2)17(22)20-14-7-8-16(15(18)11-14)23-10-9-12-3-5-13(19)6-4-12/h3-8,11H,9-10H2,1-2H3,(H,20,22). The molecule has 2 rings (SSSR count). The van der Waals surface area contributed by atoms with E-state index in [9.17, 15) is 9.18 Å². The lowest BCUT2D eigenvalue weighted by Gasteiger charge is -2.13. The molecular formula is C17H18ClFN2O2. The van der Waals surface area contributed by atoms with Crippen LogP contribution in [0.5, 0.6) is 5.75 Å². The largest absolute Gasteiger partial charge is 0.492 e. The van der Waals surface area contributed by atoms with Gasteiger partial charge in [0.05, 0.1) is 11.6 Å². The van der Waals surface area contributed by atoms with E-state index in [1.54, 1.807) is 44.4 Å². The maximum absolute atomic E-state index is 12.8. The molecule has 0 atom stereocenters. The molecule has 0 aliphatic heterocycles. The minimum absolute atomic E-state index is 0.231. The molecule has 6 heteroatoms. The van der Waals surface area contributed by atoms with E-state index >= 15 is 0 Å². The van der Waals surface area contributed by atoms with Gasteiger partial charge in [-0.05, 0) is 35.9 Å². The van der Waals surface area contributed by atoms with Gasteiger partial charge in [0, 0.05) is 26.2 Å². The number of nitrogens with zero attached hydrogens (tertiary/aromatic N) is 1. The Labute approximate surface area is 139 Å². The topological polar surface area (TPSA) is 41.6 Å². The highest BCUT2D eigenvalue weighted by atomic mass is 35.5. The number of carbonyl (C=O) groups excluding carboxylic acids is 1. The maximum atomic E-state index is 12.8. The first-order valence-corrected chi connectivity index (χ1v) is 7.48. The second kappa shape index (κ2) is 7.83. The van der Waals surface area contributed by atoms with Crippen molar-refractivity contribution in [1.29, 1.82) is 0 Å². The van der Waals surface area contributed by atoms with Crippen molar-refractivity contribution in [2.75, 3.05) is 26.0 Å². The van der Waals surface area contributed by atoms with Gasteiger partial charge in [-0.3, -0.25) is 0 Å². The molecule has 0 heterocycles. The molecule has 0 aromatic heterocycles. The summed E-state index contributed by atoms with van der Waals surface area (Å²) in [5.41, 5.74) is 1.58. The normalized spacial score (nSPS) is 10.3. The highest BCUT2D eigenvalue weighted by Gasteiger charge is 2.07. The second-order valence-electron chi connectivity index (χ2n) is 5.19. The van der Waals surface area contributed by atoms with Gasteiger partial charge < -0.3 is 15.0 Å². The molecule has 23 heavy (non-hydrogen) atoms.